The van der Waals surface area contributed by atoms with E-state index < -0.39 is 0 Å². The van der Waals surface area contributed by atoms with E-state index >= 15 is 0 Å². The monoisotopic (exact) mass is 399 g/mol. The van der Waals surface area contributed by atoms with E-state index in [0.29, 0.717) is 23.8 Å². The zero-order valence-corrected chi connectivity index (χ0v) is 18.5. The third-order valence-electron chi connectivity index (χ3n) is 5.76. The van der Waals surface area contributed by atoms with Gasteiger partial charge in [-0.05, 0) is 50.3 Å². The number of hydrogen-bond acceptors (Lipinski definition) is 4. The maximum Gasteiger partial charge on any atom is 0.227 e. The average Bonchev–Trinajstić information content (AvgIpc) is 3.28. The quantitative estimate of drug-likeness (QED) is 0.704. The van der Waals surface area contributed by atoms with Crippen LogP contribution >= 0.6 is 0 Å². The number of carbonyl (C=O) groups is 1. The summed E-state index contributed by atoms with van der Waals surface area (Å²) in [4.78, 5) is 15.3. The first-order valence-electron chi connectivity index (χ1n) is 10.4. The fourth-order valence-electron chi connectivity index (χ4n) is 4.24. The summed E-state index contributed by atoms with van der Waals surface area (Å²) in [6.45, 7) is 10.1. The number of methoxy groups -OCH3 is 2. The molecular formula is C23H33N3O3. The third kappa shape index (κ3) is 4.41. The molecule has 1 saturated heterocycles. The summed E-state index contributed by atoms with van der Waals surface area (Å²) in [7, 11) is 3.27. The number of nitrogens with zero attached hydrogens (tertiary/aromatic N) is 3. The predicted molar refractivity (Wildman–Crippen MR) is 113 cm³/mol. The van der Waals surface area contributed by atoms with E-state index in [2.05, 4.69) is 25.9 Å². The van der Waals surface area contributed by atoms with Crippen molar-refractivity contribution >= 4 is 5.91 Å². The van der Waals surface area contributed by atoms with Crippen molar-refractivity contribution in [2.75, 3.05) is 20.8 Å². The molecule has 1 atom stereocenters. The summed E-state index contributed by atoms with van der Waals surface area (Å²) in [5, 5.41) is 4.66. The lowest BCUT2D eigenvalue weighted by Crippen LogP contribution is -2.32. The summed E-state index contributed by atoms with van der Waals surface area (Å²) < 4.78 is 12.8. The molecule has 6 nitrogen and oxygen atoms in total. The molecule has 29 heavy (non-hydrogen) atoms. The molecule has 1 aliphatic heterocycles. The van der Waals surface area contributed by atoms with Gasteiger partial charge in [-0.3, -0.25) is 9.48 Å². The number of likely N-dealkylation sites (tertiary alicyclic amines) is 1. The number of aryl methyl sites for hydroxylation is 1. The van der Waals surface area contributed by atoms with Crippen molar-refractivity contribution in [3.8, 4) is 11.5 Å². The molecule has 0 N–H and O–H groups in total. The second kappa shape index (κ2) is 8.89. The first-order valence-corrected chi connectivity index (χ1v) is 10.4. The fraction of sp³-hybridized carbons (Fsp3) is 0.565. The number of carbonyl (C=O) groups excluding carboxylic acids is 1. The van der Waals surface area contributed by atoms with E-state index in [1.807, 2.05) is 34.7 Å². The van der Waals surface area contributed by atoms with Gasteiger partial charge in [0.1, 0.15) is 0 Å². The Bertz CT molecular complexity index is 872. The normalized spacial score (nSPS) is 16.5. The highest BCUT2D eigenvalue weighted by Crippen LogP contribution is 2.37. The second-order valence-corrected chi connectivity index (χ2v) is 8.26. The maximum absolute atomic E-state index is 13.2. The summed E-state index contributed by atoms with van der Waals surface area (Å²) in [5.74, 6) is 2.09. The van der Waals surface area contributed by atoms with Crippen LogP contribution in [0.4, 0.5) is 0 Å². The summed E-state index contributed by atoms with van der Waals surface area (Å²) in [6, 6.07) is 6.02. The van der Waals surface area contributed by atoms with Crippen molar-refractivity contribution in [2.45, 2.75) is 59.5 Å². The first kappa shape index (κ1) is 21.2. The largest absolute Gasteiger partial charge is 0.493 e. The second-order valence-electron chi connectivity index (χ2n) is 8.26. The minimum absolute atomic E-state index is 0.0774. The summed E-state index contributed by atoms with van der Waals surface area (Å²) in [5.41, 5.74) is 4.22. The Labute approximate surface area is 173 Å². The molecule has 1 fully saturated rings. The topological polar surface area (TPSA) is 56.6 Å². The van der Waals surface area contributed by atoms with Crippen molar-refractivity contribution in [3.05, 3.63) is 40.7 Å². The number of hydrogen-bond donors (Lipinski definition) is 0. The zero-order valence-electron chi connectivity index (χ0n) is 18.5. The molecule has 0 radical (unpaired) electrons. The van der Waals surface area contributed by atoms with Gasteiger partial charge in [0, 0.05) is 24.3 Å². The highest BCUT2D eigenvalue weighted by molar-refractivity contribution is 5.80. The molecule has 2 heterocycles. The van der Waals surface area contributed by atoms with Crippen LogP contribution in [-0.2, 0) is 17.8 Å². The summed E-state index contributed by atoms with van der Waals surface area (Å²) >= 11 is 0. The molecule has 0 spiro atoms. The van der Waals surface area contributed by atoms with Crippen molar-refractivity contribution in [3.63, 3.8) is 0 Å². The van der Waals surface area contributed by atoms with Gasteiger partial charge in [0.25, 0.3) is 0 Å². The van der Waals surface area contributed by atoms with E-state index in [9.17, 15) is 4.79 Å². The number of benzene rings is 1. The van der Waals surface area contributed by atoms with Crippen molar-refractivity contribution in [1.29, 1.82) is 0 Å². The Morgan fingerprint density at radius 2 is 1.93 bits per heavy atom. The lowest BCUT2D eigenvalue weighted by atomic mass is 10.0. The van der Waals surface area contributed by atoms with Gasteiger partial charge in [-0.2, -0.15) is 5.10 Å². The van der Waals surface area contributed by atoms with Gasteiger partial charge in [0.05, 0.1) is 32.4 Å². The van der Waals surface area contributed by atoms with E-state index in [-0.39, 0.29) is 11.9 Å². The van der Waals surface area contributed by atoms with Gasteiger partial charge in [-0.1, -0.05) is 19.9 Å². The van der Waals surface area contributed by atoms with Gasteiger partial charge in [0.2, 0.25) is 5.91 Å². The molecule has 2 aromatic rings. The van der Waals surface area contributed by atoms with Gasteiger partial charge < -0.3 is 14.4 Å². The van der Waals surface area contributed by atoms with Crippen molar-refractivity contribution < 1.29 is 14.3 Å². The van der Waals surface area contributed by atoms with Gasteiger partial charge in [0.15, 0.2) is 11.5 Å². The molecule has 6 heteroatoms. The van der Waals surface area contributed by atoms with Crippen LogP contribution in [0, 0.1) is 19.8 Å². The van der Waals surface area contributed by atoms with Gasteiger partial charge >= 0.3 is 0 Å². The van der Waals surface area contributed by atoms with E-state index in [0.717, 1.165) is 48.4 Å². The molecule has 0 aliphatic carbocycles. The molecule has 3 rings (SSSR count). The van der Waals surface area contributed by atoms with Crippen LogP contribution in [-0.4, -0.2) is 41.4 Å². The van der Waals surface area contributed by atoms with Gasteiger partial charge in [-0.25, -0.2) is 0 Å². The smallest absolute Gasteiger partial charge is 0.227 e. The van der Waals surface area contributed by atoms with Crippen molar-refractivity contribution in [1.82, 2.24) is 14.7 Å². The van der Waals surface area contributed by atoms with E-state index in [1.54, 1.807) is 14.2 Å². The van der Waals surface area contributed by atoms with Crippen LogP contribution in [0.3, 0.4) is 0 Å². The Balaban J connectivity index is 1.80. The Morgan fingerprint density at radius 3 is 2.59 bits per heavy atom. The number of amides is 1. The minimum Gasteiger partial charge on any atom is -0.493 e. The lowest BCUT2D eigenvalue weighted by Gasteiger charge is -2.26. The highest BCUT2D eigenvalue weighted by Gasteiger charge is 2.31. The molecule has 0 saturated carbocycles. The first-order chi connectivity index (χ1) is 13.8. The number of aromatic nitrogens is 2. The number of rotatable bonds is 7. The Hall–Kier alpha value is -2.50. The minimum atomic E-state index is 0.0774. The Morgan fingerprint density at radius 1 is 1.21 bits per heavy atom. The fourth-order valence-corrected chi connectivity index (χ4v) is 4.24. The average molecular weight is 400 g/mol. The van der Waals surface area contributed by atoms with Crippen LogP contribution < -0.4 is 9.47 Å². The molecule has 1 aromatic carbocycles. The third-order valence-corrected chi connectivity index (χ3v) is 5.76. The maximum atomic E-state index is 13.2. The molecule has 1 unspecified atom stereocenters. The molecule has 0 bridgehead atoms. The van der Waals surface area contributed by atoms with E-state index in [1.165, 1.54) is 0 Å². The van der Waals surface area contributed by atoms with Crippen LogP contribution in [0.2, 0.25) is 0 Å². The van der Waals surface area contributed by atoms with Crippen LogP contribution in [0.15, 0.2) is 18.2 Å². The predicted octanol–water partition coefficient (Wildman–Crippen LogP) is 4.08. The lowest BCUT2D eigenvalue weighted by molar-refractivity contribution is -0.131. The zero-order chi connectivity index (χ0) is 21.1. The Kier molecular flexibility index (Phi) is 6.50. The molecule has 1 aliphatic rings. The molecular weight excluding hydrogens is 366 g/mol. The highest BCUT2D eigenvalue weighted by atomic mass is 16.5. The van der Waals surface area contributed by atoms with E-state index in [4.69, 9.17) is 9.47 Å². The SMILES string of the molecule is COc1ccc(C2CCCN2C(=O)Cc2c(C)nn(CC(C)C)c2C)cc1OC. The van der Waals surface area contributed by atoms with Crippen molar-refractivity contribution in [2.24, 2.45) is 5.92 Å². The standard InChI is InChI=1S/C23H33N3O3/c1-15(2)14-26-17(4)19(16(3)24-26)13-23(27)25-11-7-8-20(25)18-9-10-21(28-5)22(12-18)29-6/h9-10,12,15,20H,7-8,11,13-14H2,1-6H3. The summed E-state index contributed by atoms with van der Waals surface area (Å²) in [6.07, 6.45) is 2.38. The molecule has 1 amide bonds. The van der Waals surface area contributed by atoms with Crippen LogP contribution in [0.25, 0.3) is 0 Å². The van der Waals surface area contributed by atoms with Crippen LogP contribution in [0.1, 0.15) is 55.2 Å². The molecule has 1 aromatic heterocycles. The number of ether oxygens (including phenoxy) is 2. The van der Waals surface area contributed by atoms with Crippen LogP contribution in [0.5, 0.6) is 11.5 Å². The molecule has 158 valence electrons. The van der Waals surface area contributed by atoms with Gasteiger partial charge in [-0.15, -0.1) is 0 Å².